The van der Waals surface area contributed by atoms with Gasteiger partial charge in [0.05, 0.1) is 5.52 Å². The van der Waals surface area contributed by atoms with Crippen LogP contribution in [-0.4, -0.2) is 11.1 Å². The molecule has 3 aromatic rings. The van der Waals surface area contributed by atoms with Crippen LogP contribution in [0.2, 0.25) is 0 Å². The maximum absolute atomic E-state index is 6.07. The van der Waals surface area contributed by atoms with E-state index < -0.39 is 0 Å². The monoisotopic (exact) mass is 264 g/mol. The molecule has 0 saturated carbocycles. The van der Waals surface area contributed by atoms with Gasteiger partial charge in [-0.3, -0.25) is 0 Å². The van der Waals surface area contributed by atoms with Gasteiger partial charge in [-0.25, -0.2) is 0 Å². The van der Waals surface area contributed by atoms with Crippen LogP contribution < -0.4 is 5.73 Å². The van der Waals surface area contributed by atoms with Crippen molar-refractivity contribution in [2.45, 2.75) is 12.8 Å². The summed E-state index contributed by atoms with van der Waals surface area (Å²) in [5.41, 5.74) is 11.3. The number of para-hydroxylation sites is 1. The standard InChI is InChI=1S/C18H20N2/c1-13-7-6-10-15-17(12-20(2)18(13)15)16(11-19)14-8-4-3-5-9-14/h3-10,12,16H,11,19H2,1-2H3. The lowest BCUT2D eigenvalue weighted by Gasteiger charge is -2.14. The van der Waals surface area contributed by atoms with E-state index in [-0.39, 0.29) is 5.92 Å². The van der Waals surface area contributed by atoms with Crippen LogP contribution in [0.1, 0.15) is 22.6 Å². The van der Waals surface area contributed by atoms with Crippen molar-refractivity contribution in [3.05, 3.63) is 71.4 Å². The topological polar surface area (TPSA) is 30.9 Å². The van der Waals surface area contributed by atoms with E-state index in [9.17, 15) is 0 Å². The van der Waals surface area contributed by atoms with Gasteiger partial charge in [0.15, 0.2) is 0 Å². The van der Waals surface area contributed by atoms with Crippen molar-refractivity contribution in [2.24, 2.45) is 12.8 Å². The van der Waals surface area contributed by atoms with Gasteiger partial charge in [0.1, 0.15) is 0 Å². The first kappa shape index (κ1) is 12.9. The van der Waals surface area contributed by atoms with Crippen molar-refractivity contribution >= 4 is 10.9 Å². The van der Waals surface area contributed by atoms with E-state index in [1.165, 1.54) is 27.6 Å². The molecule has 0 saturated heterocycles. The molecule has 3 rings (SSSR count). The van der Waals surface area contributed by atoms with Crippen LogP contribution >= 0.6 is 0 Å². The Bertz CT molecular complexity index is 726. The Morgan fingerprint density at radius 1 is 1.05 bits per heavy atom. The zero-order chi connectivity index (χ0) is 14.1. The van der Waals surface area contributed by atoms with Gasteiger partial charge in [-0.1, -0.05) is 48.5 Å². The van der Waals surface area contributed by atoms with Gasteiger partial charge in [0.2, 0.25) is 0 Å². The van der Waals surface area contributed by atoms with E-state index in [2.05, 4.69) is 67.2 Å². The minimum absolute atomic E-state index is 0.252. The van der Waals surface area contributed by atoms with Crippen LogP contribution in [-0.2, 0) is 7.05 Å². The largest absolute Gasteiger partial charge is 0.350 e. The quantitative estimate of drug-likeness (QED) is 0.770. The SMILES string of the molecule is Cc1cccc2c(C(CN)c3ccccc3)cn(C)c12. The number of benzene rings is 2. The second-order valence-electron chi connectivity index (χ2n) is 5.37. The molecule has 0 aliphatic carbocycles. The van der Waals surface area contributed by atoms with Crippen molar-refractivity contribution in [2.75, 3.05) is 6.54 Å². The number of aromatic nitrogens is 1. The molecule has 1 aromatic heterocycles. The molecule has 0 amide bonds. The summed E-state index contributed by atoms with van der Waals surface area (Å²) in [7, 11) is 2.11. The highest BCUT2D eigenvalue weighted by molar-refractivity contribution is 5.87. The molecule has 0 radical (unpaired) electrons. The summed E-state index contributed by atoms with van der Waals surface area (Å²) in [6.45, 7) is 2.78. The van der Waals surface area contributed by atoms with E-state index in [1.54, 1.807) is 0 Å². The lowest BCUT2D eigenvalue weighted by molar-refractivity contribution is 0.816. The Morgan fingerprint density at radius 3 is 2.50 bits per heavy atom. The Labute approximate surface area is 119 Å². The van der Waals surface area contributed by atoms with Crippen molar-refractivity contribution in [3.63, 3.8) is 0 Å². The Hall–Kier alpha value is -2.06. The molecule has 2 aromatic carbocycles. The third kappa shape index (κ3) is 2.02. The molecule has 1 unspecified atom stereocenters. The number of aryl methyl sites for hydroxylation is 2. The predicted molar refractivity (Wildman–Crippen MR) is 85.0 cm³/mol. The molecule has 1 heterocycles. The van der Waals surface area contributed by atoms with E-state index in [4.69, 9.17) is 5.73 Å². The van der Waals surface area contributed by atoms with Crippen LogP contribution in [0, 0.1) is 6.92 Å². The van der Waals surface area contributed by atoms with Gasteiger partial charge in [-0.05, 0) is 23.6 Å². The summed E-state index contributed by atoms with van der Waals surface area (Å²) in [6, 6.07) is 17.0. The molecule has 0 aliphatic heterocycles. The van der Waals surface area contributed by atoms with E-state index in [1.807, 2.05) is 6.07 Å². The summed E-state index contributed by atoms with van der Waals surface area (Å²) in [5, 5.41) is 1.31. The average Bonchev–Trinajstić information content (AvgIpc) is 2.80. The lowest BCUT2D eigenvalue weighted by atomic mass is 9.91. The summed E-state index contributed by atoms with van der Waals surface area (Å²) in [6.07, 6.45) is 2.22. The number of hydrogen-bond donors (Lipinski definition) is 1. The highest BCUT2D eigenvalue weighted by Crippen LogP contribution is 2.32. The summed E-state index contributed by atoms with van der Waals surface area (Å²) < 4.78 is 2.21. The fourth-order valence-corrected chi connectivity index (χ4v) is 3.11. The molecule has 0 spiro atoms. The van der Waals surface area contributed by atoms with Crippen molar-refractivity contribution in [1.29, 1.82) is 0 Å². The molecule has 20 heavy (non-hydrogen) atoms. The smallest absolute Gasteiger partial charge is 0.0510 e. The third-order valence-corrected chi connectivity index (χ3v) is 4.05. The number of hydrogen-bond acceptors (Lipinski definition) is 1. The Morgan fingerprint density at radius 2 is 1.80 bits per heavy atom. The lowest BCUT2D eigenvalue weighted by Crippen LogP contribution is -2.13. The van der Waals surface area contributed by atoms with Gasteiger partial charge < -0.3 is 10.3 Å². The summed E-state index contributed by atoms with van der Waals surface area (Å²) >= 11 is 0. The molecule has 2 heteroatoms. The molecule has 102 valence electrons. The van der Waals surface area contributed by atoms with Gasteiger partial charge >= 0.3 is 0 Å². The molecular weight excluding hydrogens is 244 g/mol. The van der Waals surface area contributed by atoms with E-state index in [0.29, 0.717) is 6.54 Å². The summed E-state index contributed by atoms with van der Waals surface area (Å²) in [4.78, 5) is 0. The second-order valence-corrected chi connectivity index (χ2v) is 5.37. The number of nitrogens with two attached hydrogens (primary N) is 1. The molecule has 2 N–H and O–H groups in total. The van der Waals surface area contributed by atoms with E-state index in [0.717, 1.165) is 0 Å². The maximum atomic E-state index is 6.07. The minimum Gasteiger partial charge on any atom is -0.350 e. The van der Waals surface area contributed by atoms with Crippen LogP contribution in [0.25, 0.3) is 10.9 Å². The van der Waals surface area contributed by atoms with Gasteiger partial charge in [0, 0.05) is 31.1 Å². The maximum Gasteiger partial charge on any atom is 0.0510 e. The Balaban J connectivity index is 2.21. The zero-order valence-electron chi connectivity index (χ0n) is 12.0. The number of fused-ring (bicyclic) bond motifs is 1. The first-order chi connectivity index (χ1) is 9.72. The van der Waals surface area contributed by atoms with E-state index >= 15 is 0 Å². The zero-order valence-corrected chi connectivity index (χ0v) is 12.0. The van der Waals surface area contributed by atoms with Crippen molar-refractivity contribution in [1.82, 2.24) is 4.57 Å². The van der Waals surface area contributed by atoms with Crippen LogP contribution in [0.4, 0.5) is 0 Å². The molecule has 0 fully saturated rings. The third-order valence-electron chi connectivity index (χ3n) is 4.05. The minimum atomic E-state index is 0.252. The second kappa shape index (κ2) is 5.14. The van der Waals surface area contributed by atoms with Crippen LogP contribution in [0.15, 0.2) is 54.7 Å². The molecule has 1 atom stereocenters. The highest BCUT2D eigenvalue weighted by atomic mass is 14.9. The number of nitrogens with zero attached hydrogens (tertiary/aromatic N) is 1. The van der Waals surface area contributed by atoms with Crippen LogP contribution in [0.5, 0.6) is 0 Å². The van der Waals surface area contributed by atoms with Gasteiger partial charge in [-0.15, -0.1) is 0 Å². The first-order valence-electron chi connectivity index (χ1n) is 7.02. The van der Waals surface area contributed by atoms with Gasteiger partial charge in [0.25, 0.3) is 0 Å². The Kier molecular flexibility index (Phi) is 3.33. The fourth-order valence-electron chi connectivity index (χ4n) is 3.11. The van der Waals surface area contributed by atoms with Crippen molar-refractivity contribution in [3.8, 4) is 0 Å². The first-order valence-corrected chi connectivity index (χ1v) is 7.02. The normalized spacial score (nSPS) is 12.8. The molecule has 0 bridgehead atoms. The summed E-state index contributed by atoms with van der Waals surface area (Å²) in [5.74, 6) is 0.252. The predicted octanol–water partition coefficient (Wildman–Crippen LogP) is 3.58. The fraction of sp³-hybridized carbons (Fsp3) is 0.222. The van der Waals surface area contributed by atoms with Crippen LogP contribution in [0.3, 0.4) is 0 Å². The molecule has 0 aliphatic rings. The molecule has 2 nitrogen and oxygen atoms in total. The highest BCUT2D eigenvalue weighted by Gasteiger charge is 2.18. The average molecular weight is 264 g/mol. The van der Waals surface area contributed by atoms with Crippen molar-refractivity contribution < 1.29 is 0 Å². The van der Waals surface area contributed by atoms with Gasteiger partial charge in [-0.2, -0.15) is 0 Å². The molecular formula is C18H20N2. The number of rotatable bonds is 3.